The maximum absolute atomic E-state index is 13.0. The second-order valence-corrected chi connectivity index (χ2v) is 25.9. The summed E-state index contributed by atoms with van der Waals surface area (Å²) in [5.41, 5.74) is 6.02. The highest BCUT2D eigenvalue weighted by atomic mass is 32.2. The molecule has 0 radical (unpaired) electrons. The van der Waals surface area contributed by atoms with E-state index in [-0.39, 0.29) is 33.8 Å². The zero-order valence-electron chi connectivity index (χ0n) is 39.8. The fourth-order valence-electron chi connectivity index (χ4n) is 16.2. The zero-order chi connectivity index (χ0) is 44.8. The lowest BCUT2D eigenvalue weighted by Gasteiger charge is -2.72. The molecule has 1 aromatic carbocycles. The number of carboxylic acids is 1. The fourth-order valence-corrected chi connectivity index (χ4v) is 17.6. The minimum Gasteiger partial charge on any atom is -0.481 e. The minimum atomic E-state index is -1.88. The van der Waals surface area contributed by atoms with Crippen LogP contribution in [0.25, 0.3) is 11.3 Å². The van der Waals surface area contributed by atoms with E-state index in [0.717, 1.165) is 61.8 Å². The molecule has 63 heavy (non-hydrogen) atoms. The Labute approximate surface area is 379 Å². The van der Waals surface area contributed by atoms with Gasteiger partial charge in [-0.1, -0.05) is 89.3 Å². The SMILES string of the molecule is C=C(C)[C@@H]1CC[C@]2(NCCN3CCS(=C)(=O)CC3)CC[C@]3(C)[C@H](CC[C@@H]4[C@@]5(C)CC=C(C6=CCC(COc7cc(-c8ccccc8)nn7C)(C(=O)O)CC6)C(C)(C)[C@@H]5CC[C@]43C)[C@@H]12. The largest absolute Gasteiger partial charge is 0.481 e. The number of nitrogens with one attached hydrogen (secondary N) is 1. The Balaban J connectivity index is 0.915. The van der Waals surface area contributed by atoms with Crippen LogP contribution in [-0.2, 0) is 21.4 Å². The van der Waals surface area contributed by atoms with Crippen LogP contribution in [0.4, 0.5) is 0 Å². The molecule has 2 aromatic rings. The van der Waals surface area contributed by atoms with Gasteiger partial charge in [0, 0.05) is 61.9 Å². The van der Waals surface area contributed by atoms with Crippen LogP contribution in [0.2, 0.25) is 0 Å². The third-order valence-electron chi connectivity index (χ3n) is 19.9. The Bertz CT molecular complexity index is 2260. The van der Waals surface area contributed by atoms with Gasteiger partial charge in [-0.05, 0) is 162 Å². The molecule has 2 heterocycles. The van der Waals surface area contributed by atoms with E-state index < -0.39 is 20.9 Å². The molecule has 8 nitrogen and oxygen atoms in total. The third-order valence-corrected chi connectivity index (χ3v) is 21.8. The Kier molecular flexibility index (Phi) is 11.5. The minimum absolute atomic E-state index is 0.000816. The number of aromatic nitrogens is 2. The second kappa shape index (κ2) is 16.0. The van der Waals surface area contributed by atoms with Gasteiger partial charge in [0.2, 0.25) is 5.88 Å². The summed E-state index contributed by atoms with van der Waals surface area (Å²) in [5.74, 6) is 8.42. The lowest BCUT2D eigenvalue weighted by atomic mass is 9.33. The topological polar surface area (TPSA) is 96.7 Å². The van der Waals surface area contributed by atoms with E-state index in [2.05, 4.69) is 81.5 Å². The van der Waals surface area contributed by atoms with Gasteiger partial charge in [0.15, 0.2) is 0 Å². The number of hydrogen-bond acceptors (Lipinski definition) is 6. The van der Waals surface area contributed by atoms with E-state index in [1.807, 2.05) is 43.4 Å². The standard InChI is InChI=1S/C54H78N4O4S/c1-37(2)40-19-26-54(55-29-30-58-31-33-63(9,61)34-32-58)28-27-51(6)42(47(40)54)15-16-45-50(5)22-20-41(49(3,4)44(50)21-23-52(45,51)7)38-17-24-53(25-18-38,48(59)60)36-62-46-35-43(56-57(46)8)39-13-11-10-12-14-39/h10-14,17,20,35,40,42,44-45,47,55H,1,9,15-16,18-19,21-34,36H2,2-8H3,(H,59,60)/t40-,42+,44-,45+,47+,50-,51+,52+,53?,54-/m0/s1. The van der Waals surface area contributed by atoms with E-state index >= 15 is 0 Å². The highest BCUT2D eigenvalue weighted by molar-refractivity contribution is 8.00. The average molecular weight is 879 g/mol. The van der Waals surface area contributed by atoms with Crippen molar-refractivity contribution in [3.63, 3.8) is 0 Å². The van der Waals surface area contributed by atoms with Crippen molar-refractivity contribution >= 4 is 21.4 Å². The highest BCUT2D eigenvalue weighted by Gasteiger charge is 2.70. The number of ether oxygens (including phenoxy) is 1. The first-order chi connectivity index (χ1) is 29.8. The molecule has 9 heteroatoms. The average Bonchev–Trinajstić information content (AvgIpc) is 3.82. The quantitative estimate of drug-likeness (QED) is 0.171. The number of nitrogens with zero attached hydrogens (tertiary/aromatic N) is 3. The van der Waals surface area contributed by atoms with Crippen LogP contribution in [0, 0.1) is 56.7 Å². The van der Waals surface area contributed by atoms with Gasteiger partial charge < -0.3 is 20.1 Å². The van der Waals surface area contributed by atoms with Crippen molar-refractivity contribution in [1.29, 1.82) is 0 Å². The molecule has 7 aliphatic rings. The molecule has 10 atom stereocenters. The van der Waals surface area contributed by atoms with Gasteiger partial charge in [-0.15, -0.1) is 0 Å². The van der Waals surface area contributed by atoms with Gasteiger partial charge >= 0.3 is 5.97 Å². The van der Waals surface area contributed by atoms with Gasteiger partial charge in [-0.25, -0.2) is 4.68 Å². The highest BCUT2D eigenvalue weighted by Crippen LogP contribution is 2.76. The molecule has 1 saturated heterocycles. The summed E-state index contributed by atoms with van der Waals surface area (Å²) < 4.78 is 20.6. The van der Waals surface area contributed by atoms with Crippen LogP contribution in [-0.4, -0.2) is 85.7 Å². The van der Waals surface area contributed by atoms with E-state index in [9.17, 15) is 14.1 Å². The van der Waals surface area contributed by atoms with Crippen molar-refractivity contribution in [2.24, 2.45) is 63.7 Å². The van der Waals surface area contributed by atoms with Gasteiger partial charge in [-0.2, -0.15) is 5.10 Å². The van der Waals surface area contributed by atoms with Gasteiger partial charge in [0.05, 0.1) is 5.69 Å². The van der Waals surface area contributed by atoms with Crippen molar-refractivity contribution in [2.45, 2.75) is 124 Å². The zero-order valence-corrected chi connectivity index (χ0v) is 40.6. The normalized spacial score (nSPS) is 39.4. The number of aryl methyl sites for hydroxylation is 1. The summed E-state index contributed by atoms with van der Waals surface area (Å²) in [6.45, 7) is 24.1. The van der Waals surface area contributed by atoms with Crippen LogP contribution in [0.1, 0.15) is 119 Å². The van der Waals surface area contributed by atoms with Crippen molar-refractivity contribution in [3.8, 4) is 17.1 Å². The molecule has 0 amide bonds. The number of aliphatic carboxylic acids is 1. The molecule has 1 unspecified atom stereocenters. The van der Waals surface area contributed by atoms with Crippen molar-refractivity contribution in [3.05, 3.63) is 71.8 Å². The van der Waals surface area contributed by atoms with Gasteiger partial charge in [0.1, 0.15) is 12.0 Å². The fraction of sp³-hybridized carbons (Fsp3) is 0.685. The predicted octanol–water partition coefficient (Wildman–Crippen LogP) is 10.2. The summed E-state index contributed by atoms with van der Waals surface area (Å²) in [6, 6.07) is 11.9. The second-order valence-electron chi connectivity index (χ2n) is 23.2. The molecule has 0 spiro atoms. The Morgan fingerprint density at radius 1 is 0.937 bits per heavy atom. The molecule has 344 valence electrons. The van der Waals surface area contributed by atoms with E-state index in [4.69, 9.17) is 4.74 Å². The first-order valence-electron chi connectivity index (χ1n) is 24.6. The van der Waals surface area contributed by atoms with Crippen LogP contribution in [0.3, 0.4) is 0 Å². The number of fused-ring (bicyclic) bond motifs is 7. The Hall–Kier alpha value is -3.14. The maximum atomic E-state index is 13.0. The van der Waals surface area contributed by atoms with E-state index in [0.29, 0.717) is 48.3 Å². The first kappa shape index (κ1) is 45.0. The number of benzene rings is 1. The summed E-state index contributed by atoms with van der Waals surface area (Å²) in [7, 11) is -0.0223. The molecule has 9 rings (SSSR count). The van der Waals surface area contributed by atoms with Crippen LogP contribution in [0.15, 0.2) is 71.8 Å². The Morgan fingerprint density at radius 2 is 1.68 bits per heavy atom. The summed E-state index contributed by atoms with van der Waals surface area (Å²) in [4.78, 5) is 15.5. The summed E-state index contributed by atoms with van der Waals surface area (Å²) >= 11 is 0. The summed E-state index contributed by atoms with van der Waals surface area (Å²) in [6.07, 6.45) is 18.0. The van der Waals surface area contributed by atoms with Crippen LogP contribution >= 0.6 is 0 Å². The third kappa shape index (κ3) is 7.35. The molecule has 6 aliphatic carbocycles. The van der Waals surface area contributed by atoms with Crippen molar-refractivity contribution in [1.82, 2.24) is 20.0 Å². The lowest BCUT2D eigenvalue weighted by Crippen LogP contribution is -2.68. The first-order valence-corrected chi connectivity index (χ1v) is 26.7. The molecular formula is C54H78N4O4S. The number of rotatable bonds is 11. The predicted molar refractivity (Wildman–Crippen MR) is 258 cm³/mol. The molecular weight excluding hydrogens is 801 g/mol. The lowest BCUT2D eigenvalue weighted by molar-refractivity contribution is -0.221. The number of hydrogen-bond donors (Lipinski definition) is 2. The number of carboxylic acid groups (broad SMARTS) is 1. The Morgan fingerprint density at radius 3 is 2.37 bits per heavy atom. The molecule has 2 N–H and O–H groups in total. The summed E-state index contributed by atoms with van der Waals surface area (Å²) in [5, 5.41) is 19.6. The van der Waals surface area contributed by atoms with Gasteiger partial charge in [0.25, 0.3) is 0 Å². The van der Waals surface area contributed by atoms with Gasteiger partial charge in [-0.3, -0.25) is 9.00 Å². The molecule has 1 aromatic heterocycles. The van der Waals surface area contributed by atoms with E-state index in [1.165, 1.54) is 68.1 Å². The maximum Gasteiger partial charge on any atom is 0.313 e. The van der Waals surface area contributed by atoms with E-state index in [1.54, 1.807) is 4.68 Å². The molecule has 4 saturated carbocycles. The monoisotopic (exact) mass is 879 g/mol. The van der Waals surface area contributed by atoms with Crippen LogP contribution < -0.4 is 10.1 Å². The van der Waals surface area contributed by atoms with Crippen molar-refractivity contribution < 1.29 is 18.8 Å². The van der Waals surface area contributed by atoms with Crippen LogP contribution in [0.5, 0.6) is 5.88 Å². The molecule has 5 fully saturated rings. The number of carbonyl (C=O) groups is 1. The van der Waals surface area contributed by atoms with Crippen molar-refractivity contribution in [2.75, 3.05) is 44.3 Å². The smallest absolute Gasteiger partial charge is 0.313 e. The molecule has 1 aliphatic heterocycles. The number of allylic oxidation sites excluding steroid dienone is 5. The molecule has 0 bridgehead atoms.